The van der Waals surface area contributed by atoms with Crippen molar-refractivity contribution < 1.29 is 24.0 Å². The van der Waals surface area contributed by atoms with E-state index in [9.17, 15) is 19.7 Å². The van der Waals surface area contributed by atoms with Crippen molar-refractivity contribution in [2.24, 2.45) is 0 Å². The first kappa shape index (κ1) is 19.7. The minimum absolute atomic E-state index is 0.0560. The van der Waals surface area contributed by atoms with Crippen molar-refractivity contribution in [1.82, 2.24) is 4.90 Å². The second-order valence-electron chi connectivity index (χ2n) is 7.39. The van der Waals surface area contributed by atoms with Crippen molar-refractivity contribution in [2.45, 2.75) is 57.8 Å². The number of nitro benzene ring substituents is 1. The molecule has 0 N–H and O–H groups in total. The van der Waals surface area contributed by atoms with Crippen LogP contribution in [0.15, 0.2) is 24.3 Å². The van der Waals surface area contributed by atoms with Gasteiger partial charge in [-0.3, -0.25) is 10.1 Å². The quantitative estimate of drug-likeness (QED) is 0.460. The molecule has 0 aliphatic heterocycles. The van der Waals surface area contributed by atoms with Crippen molar-refractivity contribution in [3.8, 4) is 0 Å². The van der Waals surface area contributed by atoms with Gasteiger partial charge in [0.25, 0.3) is 5.69 Å². The summed E-state index contributed by atoms with van der Waals surface area (Å²) in [6.45, 7) is 5.42. The average molecular weight is 364 g/mol. The predicted octanol–water partition coefficient (Wildman–Crippen LogP) is 3.54. The zero-order valence-corrected chi connectivity index (χ0v) is 15.4. The molecule has 142 valence electrons. The van der Waals surface area contributed by atoms with Gasteiger partial charge in [0.05, 0.1) is 10.5 Å². The van der Waals surface area contributed by atoms with Crippen LogP contribution >= 0.6 is 0 Å². The predicted molar refractivity (Wildman–Crippen MR) is 93.9 cm³/mol. The lowest BCUT2D eigenvalue weighted by molar-refractivity contribution is -0.384. The minimum atomic E-state index is -0.564. The Kier molecular flexibility index (Phi) is 5.84. The molecule has 0 unspecified atom stereocenters. The van der Waals surface area contributed by atoms with E-state index >= 15 is 0 Å². The fraction of sp³-hybridized carbons (Fsp3) is 0.556. The number of amides is 1. The van der Waals surface area contributed by atoms with Crippen LogP contribution in [0.5, 0.6) is 0 Å². The van der Waals surface area contributed by atoms with E-state index in [4.69, 9.17) is 9.47 Å². The molecule has 0 spiro atoms. The molecule has 0 aromatic heterocycles. The largest absolute Gasteiger partial charge is 0.459 e. The van der Waals surface area contributed by atoms with Crippen molar-refractivity contribution in [3.05, 3.63) is 39.9 Å². The van der Waals surface area contributed by atoms with Crippen molar-refractivity contribution in [2.75, 3.05) is 7.05 Å². The maximum atomic E-state index is 12.2. The highest BCUT2D eigenvalue weighted by Crippen LogP contribution is 2.28. The van der Waals surface area contributed by atoms with Crippen LogP contribution in [0.3, 0.4) is 0 Å². The molecule has 8 heteroatoms. The number of non-ortho nitro benzene ring substituents is 1. The lowest BCUT2D eigenvalue weighted by Crippen LogP contribution is -2.40. The van der Waals surface area contributed by atoms with Gasteiger partial charge in [-0.1, -0.05) is 0 Å². The molecule has 26 heavy (non-hydrogen) atoms. The molecular formula is C18H24N2O6. The normalized spacial score (nSPS) is 19.7. The Bertz CT molecular complexity index is 680. The second-order valence-corrected chi connectivity index (χ2v) is 7.39. The van der Waals surface area contributed by atoms with Gasteiger partial charge in [0.1, 0.15) is 11.7 Å². The van der Waals surface area contributed by atoms with Crippen molar-refractivity contribution >= 4 is 17.7 Å². The lowest BCUT2D eigenvalue weighted by atomic mass is 10.2. The summed E-state index contributed by atoms with van der Waals surface area (Å²) < 4.78 is 10.8. The Hall–Kier alpha value is -2.64. The number of carbonyl (C=O) groups is 2. The summed E-state index contributed by atoms with van der Waals surface area (Å²) in [6.07, 6.45) is 1.20. The fourth-order valence-electron chi connectivity index (χ4n) is 2.80. The number of hydrogen-bond acceptors (Lipinski definition) is 6. The van der Waals surface area contributed by atoms with Crippen LogP contribution in [0.1, 0.15) is 50.4 Å². The maximum absolute atomic E-state index is 12.2. The van der Waals surface area contributed by atoms with E-state index in [2.05, 4.69) is 0 Å². The molecule has 1 aliphatic carbocycles. The van der Waals surface area contributed by atoms with Crippen LogP contribution in [0.25, 0.3) is 0 Å². The van der Waals surface area contributed by atoms with Gasteiger partial charge in [-0.25, -0.2) is 9.59 Å². The third-order valence-electron chi connectivity index (χ3n) is 4.17. The zero-order valence-electron chi connectivity index (χ0n) is 15.4. The van der Waals surface area contributed by atoms with Crippen LogP contribution in [0, 0.1) is 10.1 Å². The molecule has 0 heterocycles. The van der Waals surface area contributed by atoms with Crippen molar-refractivity contribution in [1.29, 1.82) is 0 Å². The number of nitrogens with zero attached hydrogens (tertiary/aromatic N) is 2. The van der Waals surface area contributed by atoms with E-state index in [1.54, 1.807) is 11.9 Å². The molecule has 0 radical (unpaired) electrons. The molecular weight excluding hydrogens is 340 g/mol. The van der Waals surface area contributed by atoms with E-state index in [-0.39, 0.29) is 23.4 Å². The summed E-state index contributed by atoms with van der Waals surface area (Å²) in [5.41, 5.74) is -0.382. The first-order chi connectivity index (χ1) is 12.1. The monoisotopic (exact) mass is 364 g/mol. The molecule has 1 fully saturated rings. The highest BCUT2D eigenvalue weighted by atomic mass is 16.6. The molecule has 1 saturated carbocycles. The van der Waals surface area contributed by atoms with Crippen molar-refractivity contribution in [3.63, 3.8) is 0 Å². The Morgan fingerprint density at radius 1 is 1.19 bits per heavy atom. The third kappa shape index (κ3) is 5.18. The topological polar surface area (TPSA) is 99.0 Å². The molecule has 8 nitrogen and oxygen atoms in total. The van der Waals surface area contributed by atoms with Gasteiger partial charge in [-0.2, -0.15) is 0 Å². The molecule has 0 saturated heterocycles. The molecule has 0 bridgehead atoms. The van der Waals surface area contributed by atoms with Gasteiger partial charge in [0, 0.05) is 31.6 Å². The zero-order chi connectivity index (χ0) is 19.5. The van der Waals surface area contributed by atoms with Crippen LogP contribution in [-0.2, 0) is 9.47 Å². The molecule has 1 aromatic rings. The number of esters is 1. The molecule has 1 aromatic carbocycles. The number of hydrogen-bond donors (Lipinski definition) is 0. The minimum Gasteiger partial charge on any atom is -0.459 e. The first-order valence-electron chi connectivity index (χ1n) is 8.48. The number of nitro groups is 1. The number of benzene rings is 1. The summed E-state index contributed by atoms with van der Waals surface area (Å²) in [5.74, 6) is -0.523. The smallest absolute Gasteiger partial charge is 0.410 e. The van der Waals surface area contributed by atoms with Gasteiger partial charge in [-0.15, -0.1) is 0 Å². The number of rotatable bonds is 4. The Morgan fingerprint density at radius 2 is 1.81 bits per heavy atom. The van der Waals surface area contributed by atoms with Gasteiger partial charge in [-0.05, 0) is 45.7 Å². The van der Waals surface area contributed by atoms with Crippen LogP contribution < -0.4 is 0 Å². The molecule has 1 amide bonds. The highest BCUT2D eigenvalue weighted by Gasteiger charge is 2.34. The summed E-state index contributed by atoms with van der Waals surface area (Å²) in [4.78, 5) is 36.0. The van der Waals surface area contributed by atoms with Gasteiger partial charge >= 0.3 is 12.1 Å². The first-order valence-corrected chi connectivity index (χ1v) is 8.48. The average Bonchev–Trinajstić information content (AvgIpc) is 3.01. The van der Waals surface area contributed by atoms with E-state index in [0.717, 1.165) is 0 Å². The van der Waals surface area contributed by atoms with Gasteiger partial charge in [0.15, 0.2) is 0 Å². The summed E-state index contributed by atoms with van der Waals surface area (Å²) >= 11 is 0. The van der Waals surface area contributed by atoms with Crippen LogP contribution in [0.2, 0.25) is 0 Å². The summed E-state index contributed by atoms with van der Waals surface area (Å²) in [7, 11) is 1.68. The van der Waals surface area contributed by atoms with Gasteiger partial charge in [0.2, 0.25) is 0 Å². The van der Waals surface area contributed by atoms with Crippen LogP contribution in [-0.4, -0.2) is 46.7 Å². The summed E-state index contributed by atoms with van der Waals surface area (Å²) in [6, 6.07) is 5.23. The van der Waals surface area contributed by atoms with Crippen LogP contribution in [0.4, 0.5) is 10.5 Å². The third-order valence-corrected chi connectivity index (χ3v) is 4.17. The van der Waals surface area contributed by atoms with E-state index in [1.807, 2.05) is 20.8 Å². The Morgan fingerprint density at radius 3 is 2.35 bits per heavy atom. The molecule has 2 atom stereocenters. The SMILES string of the molecule is CN(C(=O)OC(C)(C)C)[C@H]1CC[C@H](OC(=O)c2ccc([N+](=O)[O-])cc2)C1. The number of ether oxygens (including phenoxy) is 2. The summed E-state index contributed by atoms with van der Waals surface area (Å²) in [5, 5.41) is 10.6. The van der Waals surface area contributed by atoms with E-state index in [1.165, 1.54) is 24.3 Å². The molecule has 1 aliphatic rings. The second kappa shape index (κ2) is 7.72. The Balaban J connectivity index is 1.89. The maximum Gasteiger partial charge on any atom is 0.410 e. The lowest BCUT2D eigenvalue weighted by Gasteiger charge is -2.28. The fourth-order valence-corrected chi connectivity index (χ4v) is 2.80. The standard InChI is InChI=1S/C18H24N2O6/c1-18(2,3)26-17(22)19(4)14-9-10-15(11-14)25-16(21)12-5-7-13(8-6-12)20(23)24/h5-8,14-15H,9-11H2,1-4H3/t14-,15-/m0/s1. The highest BCUT2D eigenvalue weighted by molar-refractivity contribution is 5.89. The molecule has 2 rings (SSSR count). The van der Waals surface area contributed by atoms with Gasteiger partial charge < -0.3 is 14.4 Å². The number of carbonyl (C=O) groups excluding carboxylic acids is 2. The van der Waals surface area contributed by atoms with E-state index < -0.39 is 22.6 Å². The van der Waals surface area contributed by atoms with E-state index in [0.29, 0.717) is 19.3 Å². The Labute approximate surface area is 152 Å².